The largest absolute Gasteiger partial charge is 0.483 e. The van der Waals surface area contributed by atoms with Crippen LogP contribution in [0.1, 0.15) is 24.3 Å². The van der Waals surface area contributed by atoms with E-state index < -0.39 is 0 Å². The van der Waals surface area contributed by atoms with Crippen LogP contribution in [0.2, 0.25) is 5.02 Å². The number of nitrogens with two attached hydrogens (primary N) is 1. The Balaban J connectivity index is 1.98. The molecule has 2 aromatic heterocycles. The van der Waals surface area contributed by atoms with Gasteiger partial charge in [-0.15, -0.1) is 0 Å². The van der Waals surface area contributed by atoms with Crippen molar-refractivity contribution < 1.29 is 4.74 Å². The molecular weight excluding hydrogens is 314 g/mol. The molecule has 0 saturated carbocycles. The summed E-state index contributed by atoms with van der Waals surface area (Å²) in [7, 11) is 0. The number of nitrogens with one attached hydrogen (secondary N) is 1. The van der Waals surface area contributed by atoms with Gasteiger partial charge in [-0.3, -0.25) is 9.78 Å². The number of hydrogen-bond acceptors (Lipinski definition) is 4. The zero-order valence-electron chi connectivity index (χ0n) is 12.5. The van der Waals surface area contributed by atoms with Crippen LogP contribution in [-0.2, 0) is 6.54 Å². The SMILES string of the molecule is CC(Oc1cc2[nH]c(=O)c(CN)cc2cc1Cl)c1ccccn1. The monoisotopic (exact) mass is 329 g/mol. The fraction of sp³-hybridized carbons (Fsp3) is 0.176. The number of nitrogens with zero attached hydrogens (tertiary/aromatic N) is 1. The van der Waals surface area contributed by atoms with Gasteiger partial charge in [0.1, 0.15) is 11.9 Å². The van der Waals surface area contributed by atoms with E-state index in [1.54, 1.807) is 24.4 Å². The summed E-state index contributed by atoms with van der Waals surface area (Å²) in [5.74, 6) is 0.494. The van der Waals surface area contributed by atoms with E-state index in [2.05, 4.69) is 9.97 Å². The fourth-order valence-corrected chi connectivity index (χ4v) is 2.58. The Morgan fingerprint density at radius 1 is 1.35 bits per heavy atom. The minimum absolute atomic E-state index is 0.178. The lowest BCUT2D eigenvalue weighted by Gasteiger charge is -2.16. The van der Waals surface area contributed by atoms with Crippen LogP contribution in [0.5, 0.6) is 5.75 Å². The van der Waals surface area contributed by atoms with E-state index in [0.717, 1.165) is 11.1 Å². The minimum atomic E-state index is -0.263. The van der Waals surface area contributed by atoms with E-state index in [4.69, 9.17) is 22.1 Å². The summed E-state index contributed by atoms with van der Waals surface area (Å²) in [6.45, 7) is 2.07. The highest BCUT2D eigenvalue weighted by atomic mass is 35.5. The average molecular weight is 330 g/mol. The lowest BCUT2D eigenvalue weighted by molar-refractivity contribution is 0.222. The van der Waals surface area contributed by atoms with Gasteiger partial charge in [-0.25, -0.2) is 0 Å². The van der Waals surface area contributed by atoms with E-state index in [-0.39, 0.29) is 18.2 Å². The van der Waals surface area contributed by atoms with Crippen molar-refractivity contribution in [1.29, 1.82) is 0 Å². The predicted octanol–water partition coefficient (Wildman–Crippen LogP) is 3.18. The molecule has 3 N–H and O–H groups in total. The molecule has 2 heterocycles. The first-order valence-electron chi connectivity index (χ1n) is 7.21. The molecule has 0 aliphatic carbocycles. The van der Waals surface area contributed by atoms with Gasteiger partial charge in [0, 0.05) is 29.8 Å². The molecule has 0 fully saturated rings. The van der Waals surface area contributed by atoms with Gasteiger partial charge in [0.15, 0.2) is 0 Å². The fourth-order valence-electron chi connectivity index (χ4n) is 2.36. The smallest absolute Gasteiger partial charge is 0.252 e. The van der Waals surface area contributed by atoms with Gasteiger partial charge < -0.3 is 15.5 Å². The van der Waals surface area contributed by atoms with E-state index >= 15 is 0 Å². The maximum absolute atomic E-state index is 11.9. The second kappa shape index (κ2) is 6.40. The quantitative estimate of drug-likeness (QED) is 0.770. The third-order valence-electron chi connectivity index (χ3n) is 3.60. The molecule has 6 heteroatoms. The number of benzene rings is 1. The van der Waals surface area contributed by atoms with E-state index in [0.29, 0.717) is 21.9 Å². The molecule has 0 spiro atoms. The van der Waals surface area contributed by atoms with Crippen molar-refractivity contribution in [3.8, 4) is 5.75 Å². The number of H-pyrrole nitrogens is 1. The minimum Gasteiger partial charge on any atom is -0.483 e. The van der Waals surface area contributed by atoms with Crippen LogP contribution in [0.25, 0.3) is 10.9 Å². The first-order chi connectivity index (χ1) is 11.1. The van der Waals surface area contributed by atoms with Gasteiger partial charge in [-0.2, -0.15) is 0 Å². The first kappa shape index (κ1) is 15.5. The maximum Gasteiger partial charge on any atom is 0.252 e. The summed E-state index contributed by atoms with van der Waals surface area (Å²) < 4.78 is 5.89. The number of ether oxygens (including phenoxy) is 1. The number of fused-ring (bicyclic) bond motifs is 1. The second-order valence-electron chi connectivity index (χ2n) is 5.21. The normalized spacial score (nSPS) is 12.3. The van der Waals surface area contributed by atoms with Crippen LogP contribution in [0.3, 0.4) is 0 Å². The molecule has 0 saturated heterocycles. The summed E-state index contributed by atoms with van der Waals surface area (Å²) in [5, 5.41) is 1.28. The zero-order chi connectivity index (χ0) is 16.4. The lowest BCUT2D eigenvalue weighted by Crippen LogP contribution is -2.15. The molecule has 1 aromatic carbocycles. The van der Waals surface area contributed by atoms with Crippen LogP contribution < -0.4 is 16.0 Å². The summed E-state index contributed by atoms with van der Waals surface area (Å²) in [6, 6.07) is 10.8. The third kappa shape index (κ3) is 3.21. The molecule has 3 aromatic rings. The number of hydrogen-bond donors (Lipinski definition) is 2. The average Bonchev–Trinajstić information content (AvgIpc) is 2.56. The molecule has 3 rings (SSSR count). The van der Waals surface area contributed by atoms with Crippen LogP contribution in [-0.4, -0.2) is 9.97 Å². The van der Waals surface area contributed by atoms with Gasteiger partial charge in [0.25, 0.3) is 5.56 Å². The van der Waals surface area contributed by atoms with Crippen molar-refractivity contribution in [1.82, 2.24) is 9.97 Å². The number of halogens is 1. The summed E-state index contributed by atoms with van der Waals surface area (Å²) in [5.41, 5.74) is 7.32. The highest BCUT2D eigenvalue weighted by molar-refractivity contribution is 6.32. The topological polar surface area (TPSA) is 81.0 Å². The summed E-state index contributed by atoms with van der Waals surface area (Å²) in [6.07, 6.45) is 1.45. The van der Waals surface area contributed by atoms with Crippen molar-refractivity contribution in [3.63, 3.8) is 0 Å². The number of pyridine rings is 2. The Morgan fingerprint density at radius 2 is 2.17 bits per heavy atom. The Bertz CT molecular complexity index is 893. The number of aromatic amines is 1. The van der Waals surface area contributed by atoms with Crippen molar-refractivity contribution in [3.05, 3.63) is 69.2 Å². The molecule has 118 valence electrons. The lowest BCUT2D eigenvalue weighted by atomic mass is 10.1. The molecule has 0 aliphatic rings. The van der Waals surface area contributed by atoms with Crippen molar-refractivity contribution >= 4 is 22.5 Å². The summed E-state index contributed by atoms with van der Waals surface area (Å²) in [4.78, 5) is 18.9. The maximum atomic E-state index is 11.9. The molecule has 0 radical (unpaired) electrons. The standard InChI is InChI=1S/C17H16ClN3O2/c1-10(14-4-2-3-5-20-14)23-16-8-15-11(7-13(16)18)6-12(9-19)17(22)21-15/h2-8,10H,9,19H2,1H3,(H,21,22). The Morgan fingerprint density at radius 3 is 2.87 bits per heavy atom. The van der Waals surface area contributed by atoms with Crippen molar-refractivity contribution in [2.45, 2.75) is 19.6 Å². The van der Waals surface area contributed by atoms with Crippen LogP contribution >= 0.6 is 11.6 Å². The van der Waals surface area contributed by atoms with E-state index in [1.807, 2.05) is 25.1 Å². The van der Waals surface area contributed by atoms with Gasteiger partial charge >= 0.3 is 0 Å². The zero-order valence-corrected chi connectivity index (χ0v) is 13.3. The van der Waals surface area contributed by atoms with Crippen molar-refractivity contribution in [2.24, 2.45) is 5.73 Å². The van der Waals surface area contributed by atoms with E-state index in [9.17, 15) is 4.79 Å². The number of rotatable bonds is 4. The van der Waals surface area contributed by atoms with Crippen LogP contribution in [0, 0.1) is 0 Å². The molecule has 0 bridgehead atoms. The predicted molar refractivity (Wildman–Crippen MR) is 90.8 cm³/mol. The van der Waals surface area contributed by atoms with E-state index in [1.165, 1.54) is 0 Å². The van der Waals surface area contributed by atoms with Crippen molar-refractivity contribution in [2.75, 3.05) is 0 Å². The van der Waals surface area contributed by atoms with Crippen LogP contribution in [0.15, 0.2) is 47.4 Å². The molecule has 1 atom stereocenters. The Labute approximate surface area is 138 Å². The molecule has 1 unspecified atom stereocenters. The molecule has 5 nitrogen and oxygen atoms in total. The molecule has 0 amide bonds. The van der Waals surface area contributed by atoms with Gasteiger partial charge in [0.2, 0.25) is 0 Å². The van der Waals surface area contributed by atoms with Gasteiger partial charge in [-0.05, 0) is 31.2 Å². The highest BCUT2D eigenvalue weighted by Gasteiger charge is 2.13. The Kier molecular flexibility index (Phi) is 4.32. The number of aromatic nitrogens is 2. The highest BCUT2D eigenvalue weighted by Crippen LogP contribution is 2.32. The summed E-state index contributed by atoms with van der Waals surface area (Å²) >= 11 is 6.30. The molecule has 0 aliphatic heterocycles. The van der Waals surface area contributed by atoms with Gasteiger partial charge in [-0.1, -0.05) is 17.7 Å². The molecule has 23 heavy (non-hydrogen) atoms. The first-order valence-corrected chi connectivity index (χ1v) is 7.59. The third-order valence-corrected chi connectivity index (χ3v) is 3.90. The van der Waals surface area contributed by atoms with Gasteiger partial charge in [0.05, 0.1) is 16.2 Å². The van der Waals surface area contributed by atoms with Crippen LogP contribution in [0.4, 0.5) is 0 Å². The Hall–Kier alpha value is -2.37. The molecular formula is C17H16ClN3O2. The second-order valence-corrected chi connectivity index (χ2v) is 5.62.